The molecule has 4 amide bonds. The molecular formula is C37H53N3O10S. The first kappa shape index (κ1) is 39.2. The van der Waals surface area contributed by atoms with Crippen molar-refractivity contribution in [3.8, 4) is 0 Å². The number of hydrogen-bond donors (Lipinski definition) is 3. The van der Waals surface area contributed by atoms with Gasteiger partial charge in [0.05, 0.1) is 42.6 Å². The molecule has 0 aromatic carbocycles. The van der Waals surface area contributed by atoms with Crippen LogP contribution in [0.4, 0.5) is 0 Å². The maximum atomic E-state index is 13.0. The molecule has 1 unspecified atom stereocenters. The molecule has 0 radical (unpaired) electrons. The number of thioether (sulfide) groups is 1. The van der Waals surface area contributed by atoms with Gasteiger partial charge in [-0.05, 0) is 64.7 Å². The van der Waals surface area contributed by atoms with Crippen LogP contribution in [0.2, 0.25) is 0 Å². The van der Waals surface area contributed by atoms with Gasteiger partial charge in [0.25, 0.3) is 0 Å². The van der Waals surface area contributed by atoms with Crippen molar-refractivity contribution in [2.24, 2.45) is 5.92 Å². The van der Waals surface area contributed by atoms with Crippen LogP contribution in [0.25, 0.3) is 0 Å². The Balaban J connectivity index is 1.06. The number of carbonyl (C=O) groups is 5. The predicted molar refractivity (Wildman–Crippen MR) is 189 cm³/mol. The maximum absolute atomic E-state index is 13.0. The summed E-state index contributed by atoms with van der Waals surface area (Å²) < 4.78 is 23.2. The van der Waals surface area contributed by atoms with E-state index < -0.39 is 36.0 Å². The second-order valence-electron chi connectivity index (χ2n) is 14.8. The van der Waals surface area contributed by atoms with Crippen molar-refractivity contribution < 1.29 is 48.0 Å². The Bertz CT molecular complexity index is 1420. The number of esters is 1. The van der Waals surface area contributed by atoms with E-state index >= 15 is 0 Å². The summed E-state index contributed by atoms with van der Waals surface area (Å²) in [5.74, 6) is -0.911. The zero-order chi connectivity index (χ0) is 37.0. The van der Waals surface area contributed by atoms with Crippen molar-refractivity contribution in [1.29, 1.82) is 0 Å². The molecule has 5 aliphatic rings. The minimum absolute atomic E-state index is 0.0342. The second-order valence-corrected chi connectivity index (χ2v) is 15.8. The number of epoxide rings is 1. The van der Waals surface area contributed by atoms with Crippen molar-refractivity contribution >= 4 is 41.4 Å². The fraction of sp³-hybridized carbons (Fsp3) is 0.703. The van der Waals surface area contributed by atoms with Gasteiger partial charge in [0.1, 0.15) is 23.9 Å². The van der Waals surface area contributed by atoms with Crippen LogP contribution in [-0.2, 0) is 42.9 Å². The highest BCUT2D eigenvalue weighted by atomic mass is 32.2. The van der Waals surface area contributed by atoms with Crippen LogP contribution in [0, 0.1) is 5.92 Å². The number of rotatable bonds is 13. The smallest absolute Gasteiger partial charge is 0.303 e. The fourth-order valence-corrected chi connectivity index (χ4v) is 8.11. The summed E-state index contributed by atoms with van der Waals surface area (Å²) in [6.07, 6.45) is 11.2. The zero-order valence-electron chi connectivity index (χ0n) is 30.4. The van der Waals surface area contributed by atoms with Gasteiger partial charge in [-0.3, -0.25) is 28.9 Å². The van der Waals surface area contributed by atoms with E-state index in [9.17, 15) is 29.1 Å². The van der Waals surface area contributed by atoms with Crippen molar-refractivity contribution in [2.75, 3.05) is 12.9 Å². The molecule has 0 bridgehead atoms. The number of aliphatic hydroxyl groups excluding tert-OH is 1. The molecular weight excluding hydrogens is 678 g/mol. The number of nitrogens with zero attached hydrogens (tertiary/aromatic N) is 1. The average molecular weight is 732 g/mol. The summed E-state index contributed by atoms with van der Waals surface area (Å²) in [7, 11) is 0. The minimum Gasteiger partial charge on any atom is -0.459 e. The average Bonchev–Trinajstić information content (AvgIpc) is 3.76. The van der Waals surface area contributed by atoms with Gasteiger partial charge < -0.3 is 34.7 Å². The highest BCUT2D eigenvalue weighted by Crippen LogP contribution is 2.43. The number of allylic oxidation sites excluding steroid dienone is 2. The first-order valence-electron chi connectivity index (χ1n) is 18.0. The van der Waals surface area contributed by atoms with Crippen LogP contribution >= 0.6 is 11.8 Å². The van der Waals surface area contributed by atoms with Crippen LogP contribution < -0.4 is 10.6 Å². The number of carbonyl (C=O) groups excluding carboxylic acids is 5. The van der Waals surface area contributed by atoms with Gasteiger partial charge in [0.15, 0.2) is 0 Å². The molecule has 1 aliphatic carbocycles. The van der Waals surface area contributed by atoms with E-state index in [0.29, 0.717) is 32.3 Å². The highest BCUT2D eigenvalue weighted by molar-refractivity contribution is 8.00. The molecule has 4 heterocycles. The normalized spacial score (nSPS) is 37.5. The van der Waals surface area contributed by atoms with E-state index in [1.54, 1.807) is 13.0 Å². The highest BCUT2D eigenvalue weighted by Gasteiger charge is 2.58. The van der Waals surface area contributed by atoms with Gasteiger partial charge in [-0.1, -0.05) is 30.7 Å². The second kappa shape index (κ2) is 16.7. The Morgan fingerprint density at radius 1 is 1.12 bits per heavy atom. The van der Waals surface area contributed by atoms with E-state index in [4.69, 9.17) is 18.9 Å². The van der Waals surface area contributed by atoms with Crippen molar-refractivity contribution in [1.82, 2.24) is 15.5 Å². The first-order valence-corrected chi connectivity index (χ1v) is 19.3. The number of likely N-dealkylation sites (tertiary alicyclic amines) is 1. The summed E-state index contributed by atoms with van der Waals surface area (Å²) >= 11 is 1.40. The van der Waals surface area contributed by atoms with Crippen LogP contribution in [0.5, 0.6) is 0 Å². The largest absolute Gasteiger partial charge is 0.459 e. The molecule has 14 heteroatoms. The molecule has 4 saturated heterocycles. The monoisotopic (exact) mass is 731 g/mol. The number of imide groups is 1. The lowest BCUT2D eigenvalue weighted by Gasteiger charge is -2.41. The first-order chi connectivity index (χ1) is 24.2. The van der Waals surface area contributed by atoms with Crippen molar-refractivity contribution in [3.05, 3.63) is 36.0 Å². The Morgan fingerprint density at radius 3 is 2.49 bits per heavy atom. The van der Waals surface area contributed by atoms with Gasteiger partial charge in [-0.25, -0.2) is 0 Å². The van der Waals surface area contributed by atoms with Crippen molar-refractivity contribution in [3.63, 3.8) is 0 Å². The van der Waals surface area contributed by atoms with E-state index in [0.717, 1.165) is 12.0 Å². The summed E-state index contributed by atoms with van der Waals surface area (Å²) in [5, 5.41) is 16.8. The quantitative estimate of drug-likeness (QED) is 0.0836. The third-order valence-corrected chi connectivity index (χ3v) is 11.5. The molecule has 5 fully saturated rings. The van der Waals surface area contributed by atoms with Crippen LogP contribution in [0.3, 0.4) is 0 Å². The molecule has 0 aromatic rings. The number of nitrogens with one attached hydrogen (secondary N) is 2. The molecule has 10 atom stereocenters. The van der Waals surface area contributed by atoms with Crippen molar-refractivity contribution in [2.45, 2.75) is 145 Å². The number of amides is 4. The van der Waals surface area contributed by atoms with Gasteiger partial charge in [-0.15, -0.1) is 0 Å². The molecule has 1 saturated carbocycles. The lowest BCUT2D eigenvalue weighted by Crippen LogP contribution is -2.56. The third-order valence-electron chi connectivity index (χ3n) is 10.6. The minimum atomic E-state index is -0.858. The zero-order valence-corrected chi connectivity index (χ0v) is 31.2. The molecule has 1 spiro atoms. The Labute approximate surface area is 304 Å². The van der Waals surface area contributed by atoms with Gasteiger partial charge >= 0.3 is 5.97 Å². The lowest BCUT2D eigenvalue weighted by molar-refractivity contribution is -0.147. The SMILES string of the molecule is CSC1CC(=O)N([C@H]2C[C@H](NC(=O)C[C@@H]3C[C@@]4(CO4)[C@H](O)[C@@H](/C=C/C(C)=C/C[C@@H]4O[C@H](C)[C@H](NC(=O)/C=C\[C@H](C)OC(C)=O)C[C@@H]4C)O3)C2)C1=O. The van der Waals surface area contributed by atoms with E-state index in [1.807, 2.05) is 32.3 Å². The van der Waals surface area contributed by atoms with Crippen LogP contribution in [-0.4, -0.2) is 118 Å². The molecule has 51 heavy (non-hydrogen) atoms. The number of ether oxygens (including phenoxy) is 4. The van der Waals surface area contributed by atoms with Gasteiger partial charge in [0.2, 0.25) is 23.6 Å². The Morgan fingerprint density at radius 2 is 1.84 bits per heavy atom. The van der Waals surface area contributed by atoms with Gasteiger partial charge in [-0.2, -0.15) is 11.8 Å². The topological polar surface area (TPSA) is 173 Å². The lowest BCUT2D eigenvalue weighted by atomic mass is 9.85. The fourth-order valence-electron chi connectivity index (χ4n) is 7.49. The summed E-state index contributed by atoms with van der Waals surface area (Å²) in [6, 6.07) is -0.416. The Kier molecular flexibility index (Phi) is 12.9. The van der Waals surface area contributed by atoms with Crippen LogP contribution in [0.15, 0.2) is 36.0 Å². The summed E-state index contributed by atoms with van der Waals surface area (Å²) in [6.45, 7) is 9.44. The number of hydrogen-bond acceptors (Lipinski definition) is 11. The number of aliphatic hydroxyl groups is 1. The predicted octanol–water partition coefficient (Wildman–Crippen LogP) is 2.50. The van der Waals surface area contributed by atoms with Gasteiger partial charge in [0, 0.05) is 37.9 Å². The third kappa shape index (κ3) is 9.89. The molecule has 5 rings (SSSR count). The molecule has 0 aromatic heterocycles. The molecule has 4 aliphatic heterocycles. The van der Waals surface area contributed by atoms with E-state index in [-0.39, 0.29) is 78.0 Å². The van der Waals surface area contributed by atoms with Crippen LogP contribution in [0.1, 0.15) is 79.6 Å². The van der Waals surface area contributed by atoms with E-state index in [2.05, 4.69) is 23.6 Å². The molecule has 3 N–H and O–H groups in total. The Hall–Kier alpha value is -3.04. The van der Waals surface area contributed by atoms with E-state index in [1.165, 1.54) is 29.7 Å². The standard InChI is InChI=1S/C37H53N3O10S/c1-20(7-10-29-21(2)13-28(23(4)49-29)39-32(42)12-9-22(3)48-24(5)41)8-11-30-35(45)37(19-47-37)18-27(50-30)16-33(43)38-25-14-26(15-25)40-34(44)17-31(51-6)36(40)46/h7-9,11-12,21-23,25-31,35,45H,10,13-19H2,1-6H3,(H,38,43)(H,39,42)/b11-8+,12-9-,20-7+/t21-,22-,23+,25-,26-,27+,28+,29-,30+,31?,35+,37+/m0/s1. The molecule has 13 nitrogen and oxygen atoms in total. The summed E-state index contributed by atoms with van der Waals surface area (Å²) in [4.78, 5) is 62.8. The summed E-state index contributed by atoms with van der Waals surface area (Å²) in [5.41, 5.74) is 0.256. The maximum Gasteiger partial charge on any atom is 0.303 e. The molecule has 282 valence electrons.